The highest BCUT2D eigenvalue weighted by molar-refractivity contribution is 5.74. The van der Waals surface area contributed by atoms with Gasteiger partial charge in [0.25, 0.3) is 0 Å². The number of aliphatic hydroxyl groups is 1. The molecule has 7 heteroatoms. The van der Waals surface area contributed by atoms with Crippen molar-refractivity contribution in [1.82, 2.24) is 5.32 Å². The predicted octanol–water partition coefficient (Wildman–Crippen LogP) is 1.81. The third kappa shape index (κ3) is 5.57. The summed E-state index contributed by atoms with van der Waals surface area (Å²) in [7, 11) is 1.29. The van der Waals surface area contributed by atoms with Crippen LogP contribution in [0.5, 0.6) is 0 Å². The molecule has 1 fully saturated rings. The predicted molar refractivity (Wildman–Crippen MR) is 94.8 cm³/mol. The minimum atomic E-state index is -0.956. The number of hydrogen-bond acceptors (Lipinski definition) is 6. The first kappa shape index (κ1) is 21.7. The van der Waals surface area contributed by atoms with Gasteiger partial charge in [-0.05, 0) is 33.1 Å². The SMILES string of the molecule is CCC(CC)[C@H](N)C1C(NC(=O)OC(C)(C)C)C[C@@H](C(=O)OC)C1O. The molecule has 1 saturated carbocycles. The van der Waals surface area contributed by atoms with Crippen LogP contribution in [0.25, 0.3) is 0 Å². The van der Waals surface area contributed by atoms with Gasteiger partial charge in [0, 0.05) is 18.0 Å². The lowest BCUT2D eigenvalue weighted by atomic mass is 9.81. The van der Waals surface area contributed by atoms with Crippen LogP contribution in [-0.2, 0) is 14.3 Å². The van der Waals surface area contributed by atoms with Gasteiger partial charge in [0.15, 0.2) is 0 Å². The highest BCUT2D eigenvalue weighted by Crippen LogP contribution is 2.37. The quantitative estimate of drug-likeness (QED) is 0.625. The molecule has 0 aliphatic heterocycles. The molecule has 0 spiro atoms. The van der Waals surface area contributed by atoms with Crippen molar-refractivity contribution in [3.05, 3.63) is 0 Å². The molecular weight excluding hydrogens is 324 g/mol. The van der Waals surface area contributed by atoms with Crippen molar-refractivity contribution >= 4 is 12.1 Å². The second-order valence-corrected chi connectivity index (χ2v) is 7.84. The molecule has 1 aliphatic rings. The topological polar surface area (TPSA) is 111 Å². The Morgan fingerprint density at radius 3 is 2.28 bits per heavy atom. The zero-order chi connectivity index (χ0) is 19.4. The van der Waals surface area contributed by atoms with E-state index in [0.717, 1.165) is 12.8 Å². The minimum absolute atomic E-state index is 0.194. The Bertz CT molecular complexity index is 459. The van der Waals surface area contributed by atoms with E-state index in [0.29, 0.717) is 0 Å². The molecule has 0 saturated heterocycles. The molecule has 7 nitrogen and oxygen atoms in total. The smallest absolute Gasteiger partial charge is 0.407 e. The zero-order valence-electron chi connectivity index (χ0n) is 16.2. The molecule has 0 aromatic rings. The number of methoxy groups -OCH3 is 1. The van der Waals surface area contributed by atoms with Crippen LogP contribution in [0.15, 0.2) is 0 Å². The van der Waals surface area contributed by atoms with Crippen LogP contribution in [0, 0.1) is 17.8 Å². The van der Waals surface area contributed by atoms with Gasteiger partial charge in [0.2, 0.25) is 0 Å². The normalized spacial score (nSPS) is 27.9. The van der Waals surface area contributed by atoms with Crippen molar-refractivity contribution in [3.63, 3.8) is 0 Å². The van der Waals surface area contributed by atoms with E-state index < -0.39 is 41.6 Å². The Labute approximate surface area is 150 Å². The summed E-state index contributed by atoms with van der Waals surface area (Å²) in [5.41, 5.74) is 5.80. The number of ether oxygens (including phenoxy) is 2. The summed E-state index contributed by atoms with van der Waals surface area (Å²) >= 11 is 0. The molecular formula is C18H34N2O5. The first-order valence-electron chi connectivity index (χ1n) is 9.06. The van der Waals surface area contributed by atoms with Gasteiger partial charge in [-0.15, -0.1) is 0 Å². The monoisotopic (exact) mass is 358 g/mol. The van der Waals surface area contributed by atoms with E-state index in [1.807, 2.05) is 13.8 Å². The van der Waals surface area contributed by atoms with Crippen molar-refractivity contribution in [2.45, 2.75) is 77.7 Å². The molecule has 25 heavy (non-hydrogen) atoms. The standard InChI is InChI=1S/C18H34N2O5/c1-7-10(8-2)14(19)13-12(20-17(23)25-18(3,4)5)9-11(15(13)21)16(22)24-6/h10-15,21H,7-9,19H2,1-6H3,(H,20,23)/t11-,12?,13?,14+,15?/m1/s1. The first-order chi connectivity index (χ1) is 11.6. The number of alkyl carbamates (subject to hydrolysis) is 1. The van der Waals surface area contributed by atoms with Crippen molar-refractivity contribution in [2.24, 2.45) is 23.5 Å². The maximum atomic E-state index is 12.2. The Balaban J connectivity index is 3.00. The number of nitrogens with two attached hydrogens (primary N) is 1. The average Bonchev–Trinajstić information content (AvgIpc) is 2.81. The number of carbonyl (C=O) groups excluding carboxylic acids is 2. The number of hydrogen-bond donors (Lipinski definition) is 3. The number of carbonyl (C=O) groups is 2. The number of amides is 1. The largest absolute Gasteiger partial charge is 0.469 e. The lowest BCUT2D eigenvalue weighted by Crippen LogP contribution is -2.51. The van der Waals surface area contributed by atoms with Gasteiger partial charge in [-0.2, -0.15) is 0 Å². The molecule has 5 atom stereocenters. The molecule has 3 unspecified atom stereocenters. The third-order valence-corrected chi connectivity index (χ3v) is 5.02. The maximum Gasteiger partial charge on any atom is 0.407 e. The first-order valence-corrected chi connectivity index (χ1v) is 9.06. The van der Waals surface area contributed by atoms with E-state index in [9.17, 15) is 14.7 Å². The van der Waals surface area contributed by atoms with Gasteiger partial charge >= 0.3 is 12.1 Å². The van der Waals surface area contributed by atoms with E-state index in [-0.39, 0.29) is 18.4 Å². The fourth-order valence-corrected chi connectivity index (χ4v) is 3.72. The Morgan fingerprint density at radius 2 is 1.84 bits per heavy atom. The number of rotatable bonds is 6. The van der Waals surface area contributed by atoms with E-state index in [1.165, 1.54) is 7.11 Å². The van der Waals surface area contributed by atoms with Gasteiger partial charge in [-0.25, -0.2) is 4.79 Å². The van der Waals surface area contributed by atoms with E-state index in [2.05, 4.69) is 5.32 Å². The average molecular weight is 358 g/mol. The molecule has 1 rings (SSSR count). The molecule has 4 N–H and O–H groups in total. The fourth-order valence-electron chi connectivity index (χ4n) is 3.72. The van der Waals surface area contributed by atoms with Crippen LogP contribution in [0.3, 0.4) is 0 Å². The number of nitrogens with one attached hydrogen (secondary N) is 1. The molecule has 1 aliphatic carbocycles. The van der Waals surface area contributed by atoms with Crippen LogP contribution in [0.1, 0.15) is 53.9 Å². The molecule has 0 aromatic heterocycles. The lowest BCUT2D eigenvalue weighted by Gasteiger charge is -2.33. The summed E-state index contributed by atoms with van der Waals surface area (Å²) in [6, 6.07) is -0.774. The van der Waals surface area contributed by atoms with Crippen molar-refractivity contribution in [2.75, 3.05) is 7.11 Å². The van der Waals surface area contributed by atoms with E-state index in [1.54, 1.807) is 20.8 Å². The molecule has 0 radical (unpaired) electrons. The van der Waals surface area contributed by atoms with Crippen molar-refractivity contribution in [1.29, 1.82) is 0 Å². The third-order valence-electron chi connectivity index (χ3n) is 5.02. The van der Waals surface area contributed by atoms with E-state index >= 15 is 0 Å². The molecule has 146 valence electrons. The van der Waals surface area contributed by atoms with Gasteiger partial charge in [0.1, 0.15) is 5.60 Å². The zero-order valence-corrected chi connectivity index (χ0v) is 16.2. The number of aliphatic hydroxyl groups excluding tert-OH is 1. The molecule has 0 heterocycles. The van der Waals surface area contributed by atoms with Crippen LogP contribution in [-0.4, -0.2) is 48.1 Å². The Kier molecular flexibility index (Phi) is 7.68. The number of esters is 1. The summed E-state index contributed by atoms with van der Waals surface area (Å²) in [5, 5.41) is 13.5. The maximum absolute atomic E-state index is 12.2. The summed E-state index contributed by atoms with van der Waals surface area (Å²) in [6.07, 6.45) is 0.484. The molecule has 0 aromatic carbocycles. The van der Waals surface area contributed by atoms with Gasteiger partial charge < -0.3 is 25.6 Å². The Hall–Kier alpha value is -1.34. The lowest BCUT2D eigenvalue weighted by molar-refractivity contribution is -0.149. The Morgan fingerprint density at radius 1 is 1.28 bits per heavy atom. The van der Waals surface area contributed by atoms with Crippen LogP contribution in [0.4, 0.5) is 4.79 Å². The molecule has 0 bridgehead atoms. The van der Waals surface area contributed by atoms with Crippen molar-refractivity contribution < 1.29 is 24.2 Å². The van der Waals surface area contributed by atoms with Gasteiger partial charge in [-0.3, -0.25) is 4.79 Å². The van der Waals surface area contributed by atoms with Crippen LogP contribution < -0.4 is 11.1 Å². The highest BCUT2D eigenvalue weighted by Gasteiger charge is 2.50. The fraction of sp³-hybridized carbons (Fsp3) is 0.889. The summed E-state index contributed by atoms with van der Waals surface area (Å²) in [4.78, 5) is 24.2. The summed E-state index contributed by atoms with van der Waals surface area (Å²) in [5.74, 6) is -1.42. The van der Waals surface area contributed by atoms with Crippen LogP contribution >= 0.6 is 0 Å². The van der Waals surface area contributed by atoms with Crippen molar-refractivity contribution in [3.8, 4) is 0 Å². The second-order valence-electron chi connectivity index (χ2n) is 7.84. The second kappa shape index (κ2) is 8.85. The summed E-state index contributed by atoms with van der Waals surface area (Å²) in [6.45, 7) is 9.43. The van der Waals surface area contributed by atoms with Gasteiger partial charge in [0.05, 0.1) is 19.1 Å². The van der Waals surface area contributed by atoms with Crippen LogP contribution in [0.2, 0.25) is 0 Å². The van der Waals surface area contributed by atoms with E-state index in [4.69, 9.17) is 15.2 Å². The minimum Gasteiger partial charge on any atom is -0.469 e. The summed E-state index contributed by atoms with van der Waals surface area (Å²) < 4.78 is 10.1. The molecule has 1 amide bonds. The van der Waals surface area contributed by atoms with Gasteiger partial charge in [-0.1, -0.05) is 26.7 Å². The highest BCUT2D eigenvalue weighted by atomic mass is 16.6.